The third-order valence-electron chi connectivity index (χ3n) is 5.37. The number of benzene rings is 3. The zero-order valence-electron chi connectivity index (χ0n) is 19.1. The number of halogens is 4. The molecule has 1 aromatic heterocycles. The number of aryl methyl sites for hydroxylation is 1. The zero-order valence-corrected chi connectivity index (χ0v) is 19.8. The van der Waals surface area contributed by atoms with Crippen LogP contribution >= 0.6 is 11.6 Å². The summed E-state index contributed by atoms with van der Waals surface area (Å²) in [6, 6.07) is 13.0. The first-order valence-corrected chi connectivity index (χ1v) is 11.2. The van der Waals surface area contributed by atoms with Gasteiger partial charge in [0, 0.05) is 16.8 Å². The Hall–Kier alpha value is -4.05. The predicted octanol–water partition coefficient (Wildman–Crippen LogP) is 7.03. The average molecular weight is 517 g/mol. The molecule has 7 nitrogen and oxygen atoms in total. The third kappa shape index (κ3) is 5.28. The van der Waals surface area contributed by atoms with E-state index in [1.807, 2.05) is 19.1 Å². The standard InChI is InChI=1S/C25H20ClF3N4O3/c1-3-36-23(34)22-17-8-5-14(10-21(17)32-33-22)18-11-15(6-4-13(18)2)30-24(35)31-16-7-9-20(26)19(12-16)25(27,28)29/h4-12H,3H2,1-2H3,(H,32,33)(H2,30,31,35). The highest BCUT2D eigenvalue weighted by atomic mass is 35.5. The number of H-pyrrole nitrogens is 1. The van der Waals surface area contributed by atoms with Crippen molar-refractivity contribution in [2.75, 3.05) is 17.2 Å². The minimum absolute atomic E-state index is 0.0568. The summed E-state index contributed by atoms with van der Waals surface area (Å²) in [4.78, 5) is 24.5. The number of aromatic nitrogens is 2. The molecule has 0 aliphatic heterocycles. The van der Waals surface area contributed by atoms with Gasteiger partial charge in [-0.3, -0.25) is 5.10 Å². The van der Waals surface area contributed by atoms with Crippen molar-refractivity contribution < 1.29 is 27.5 Å². The molecule has 36 heavy (non-hydrogen) atoms. The minimum atomic E-state index is -4.65. The second kappa shape index (κ2) is 9.90. The first-order chi connectivity index (χ1) is 17.1. The second-order valence-corrected chi connectivity index (χ2v) is 8.26. The Morgan fingerprint density at radius 1 is 1.03 bits per heavy atom. The van der Waals surface area contributed by atoms with Crippen LogP contribution in [0.4, 0.5) is 29.3 Å². The third-order valence-corrected chi connectivity index (χ3v) is 5.70. The van der Waals surface area contributed by atoms with Crippen LogP contribution in [0.2, 0.25) is 5.02 Å². The lowest BCUT2D eigenvalue weighted by Crippen LogP contribution is -2.20. The van der Waals surface area contributed by atoms with Crippen molar-refractivity contribution in [2.45, 2.75) is 20.0 Å². The molecule has 3 aromatic carbocycles. The largest absolute Gasteiger partial charge is 0.461 e. The molecule has 186 valence electrons. The van der Waals surface area contributed by atoms with Crippen molar-refractivity contribution >= 4 is 45.9 Å². The fourth-order valence-electron chi connectivity index (χ4n) is 3.67. The van der Waals surface area contributed by atoms with Gasteiger partial charge in [-0.1, -0.05) is 23.7 Å². The van der Waals surface area contributed by atoms with Gasteiger partial charge in [-0.15, -0.1) is 0 Å². The van der Waals surface area contributed by atoms with Crippen LogP contribution in [0, 0.1) is 6.92 Å². The summed E-state index contributed by atoms with van der Waals surface area (Å²) >= 11 is 5.63. The Kier molecular flexibility index (Phi) is 6.89. The lowest BCUT2D eigenvalue weighted by atomic mass is 9.98. The fourth-order valence-corrected chi connectivity index (χ4v) is 3.89. The number of nitrogens with zero attached hydrogens (tertiary/aromatic N) is 1. The molecule has 0 unspecified atom stereocenters. The number of esters is 1. The van der Waals surface area contributed by atoms with Gasteiger partial charge in [0.25, 0.3) is 0 Å². The van der Waals surface area contributed by atoms with Crippen LogP contribution in [0.25, 0.3) is 22.0 Å². The highest BCUT2D eigenvalue weighted by Crippen LogP contribution is 2.36. The molecule has 0 spiro atoms. The van der Waals surface area contributed by atoms with Crippen LogP contribution in [0.3, 0.4) is 0 Å². The predicted molar refractivity (Wildman–Crippen MR) is 131 cm³/mol. The number of alkyl halides is 3. The van der Waals surface area contributed by atoms with Gasteiger partial charge in [0.1, 0.15) is 0 Å². The molecule has 0 atom stereocenters. The summed E-state index contributed by atoms with van der Waals surface area (Å²) in [5, 5.41) is 12.0. The van der Waals surface area contributed by atoms with Gasteiger partial charge >= 0.3 is 18.2 Å². The number of nitrogens with one attached hydrogen (secondary N) is 3. The van der Waals surface area contributed by atoms with Crippen LogP contribution in [-0.2, 0) is 10.9 Å². The van der Waals surface area contributed by atoms with Gasteiger partial charge in [-0.05, 0) is 73.0 Å². The molecular weight excluding hydrogens is 497 g/mol. The summed E-state index contributed by atoms with van der Waals surface area (Å²) < 4.78 is 44.3. The lowest BCUT2D eigenvalue weighted by Gasteiger charge is -2.13. The van der Waals surface area contributed by atoms with Crippen LogP contribution in [-0.4, -0.2) is 28.8 Å². The number of carbonyl (C=O) groups excluding carboxylic acids is 2. The number of urea groups is 1. The van der Waals surface area contributed by atoms with Gasteiger partial charge in [0.15, 0.2) is 5.69 Å². The van der Waals surface area contributed by atoms with Crippen molar-refractivity contribution in [3.63, 3.8) is 0 Å². The maximum atomic E-state index is 13.1. The summed E-state index contributed by atoms with van der Waals surface area (Å²) in [6.07, 6.45) is -4.65. The molecule has 4 aromatic rings. The molecule has 0 saturated heterocycles. The smallest absolute Gasteiger partial charge is 0.417 e. The Labute approximate surface area is 208 Å². The van der Waals surface area contributed by atoms with E-state index in [0.29, 0.717) is 16.6 Å². The first-order valence-electron chi connectivity index (χ1n) is 10.8. The van der Waals surface area contributed by atoms with E-state index in [-0.39, 0.29) is 18.0 Å². The van der Waals surface area contributed by atoms with Gasteiger partial charge in [-0.2, -0.15) is 18.3 Å². The van der Waals surface area contributed by atoms with Crippen molar-refractivity contribution in [2.24, 2.45) is 0 Å². The maximum absolute atomic E-state index is 13.1. The van der Waals surface area contributed by atoms with Crippen molar-refractivity contribution in [1.29, 1.82) is 0 Å². The number of fused-ring (bicyclic) bond motifs is 1. The van der Waals surface area contributed by atoms with Crippen LogP contribution < -0.4 is 10.6 Å². The molecule has 0 radical (unpaired) electrons. The Bertz CT molecular complexity index is 1470. The van der Waals surface area contributed by atoms with E-state index in [4.69, 9.17) is 16.3 Å². The van der Waals surface area contributed by atoms with Gasteiger partial charge in [0.2, 0.25) is 0 Å². The molecule has 1 heterocycles. The number of hydrogen-bond donors (Lipinski definition) is 3. The Morgan fingerprint density at radius 2 is 1.72 bits per heavy atom. The summed E-state index contributed by atoms with van der Waals surface area (Å²) in [6.45, 7) is 3.84. The number of hydrogen-bond acceptors (Lipinski definition) is 4. The highest BCUT2D eigenvalue weighted by Gasteiger charge is 2.33. The first kappa shape index (κ1) is 25.1. The monoisotopic (exact) mass is 516 g/mol. The van der Waals surface area contributed by atoms with Crippen LogP contribution in [0.1, 0.15) is 28.5 Å². The van der Waals surface area contributed by atoms with E-state index in [9.17, 15) is 22.8 Å². The van der Waals surface area contributed by atoms with Gasteiger partial charge < -0.3 is 15.4 Å². The number of anilines is 2. The van der Waals surface area contributed by atoms with Crippen LogP contribution in [0.5, 0.6) is 0 Å². The fraction of sp³-hybridized carbons (Fsp3) is 0.160. The summed E-state index contributed by atoms with van der Waals surface area (Å²) in [7, 11) is 0. The molecule has 0 fully saturated rings. The molecule has 2 amide bonds. The molecule has 0 bridgehead atoms. The SMILES string of the molecule is CCOC(=O)c1n[nH]c2cc(-c3cc(NC(=O)Nc4ccc(Cl)c(C(F)(F)F)c4)ccc3C)ccc12. The van der Waals surface area contributed by atoms with E-state index < -0.39 is 28.8 Å². The lowest BCUT2D eigenvalue weighted by molar-refractivity contribution is -0.137. The second-order valence-electron chi connectivity index (χ2n) is 7.85. The number of rotatable bonds is 5. The molecule has 11 heteroatoms. The summed E-state index contributed by atoms with van der Waals surface area (Å²) in [5.41, 5.74) is 2.67. The van der Waals surface area contributed by atoms with E-state index in [0.717, 1.165) is 28.8 Å². The van der Waals surface area contributed by atoms with E-state index >= 15 is 0 Å². The highest BCUT2D eigenvalue weighted by molar-refractivity contribution is 6.31. The molecule has 3 N–H and O–H groups in total. The van der Waals surface area contributed by atoms with E-state index in [1.165, 1.54) is 6.07 Å². The van der Waals surface area contributed by atoms with Gasteiger partial charge in [0.05, 0.1) is 22.7 Å². The molecule has 4 rings (SSSR count). The molecule has 0 aliphatic rings. The number of aromatic amines is 1. The number of amides is 2. The van der Waals surface area contributed by atoms with E-state index in [1.54, 1.807) is 31.2 Å². The molecule has 0 saturated carbocycles. The normalized spacial score (nSPS) is 11.4. The van der Waals surface area contributed by atoms with Crippen molar-refractivity contribution in [3.05, 3.63) is 76.4 Å². The van der Waals surface area contributed by atoms with Crippen molar-refractivity contribution in [3.8, 4) is 11.1 Å². The minimum Gasteiger partial charge on any atom is -0.461 e. The number of ether oxygens (including phenoxy) is 1. The maximum Gasteiger partial charge on any atom is 0.417 e. The van der Waals surface area contributed by atoms with Crippen molar-refractivity contribution in [1.82, 2.24) is 10.2 Å². The quantitative estimate of drug-likeness (QED) is 0.248. The molecule has 0 aliphatic carbocycles. The van der Waals surface area contributed by atoms with Crippen LogP contribution in [0.15, 0.2) is 54.6 Å². The molecular formula is C25H20ClF3N4O3. The average Bonchev–Trinajstić information content (AvgIpc) is 3.24. The summed E-state index contributed by atoms with van der Waals surface area (Å²) in [5.74, 6) is -0.520. The number of carbonyl (C=O) groups is 2. The topological polar surface area (TPSA) is 96.1 Å². The zero-order chi connectivity index (χ0) is 26.0. The van der Waals surface area contributed by atoms with E-state index in [2.05, 4.69) is 20.8 Å². The Morgan fingerprint density at radius 3 is 2.42 bits per heavy atom. The Balaban J connectivity index is 1.55. The van der Waals surface area contributed by atoms with Gasteiger partial charge in [-0.25, -0.2) is 9.59 Å².